The van der Waals surface area contributed by atoms with Crippen LogP contribution in [0.3, 0.4) is 0 Å². The third-order valence-electron chi connectivity index (χ3n) is 6.81. The Morgan fingerprint density at radius 3 is 2.59 bits per heavy atom. The number of unbranched alkanes of at least 4 members (excludes halogenated alkanes) is 3. The van der Waals surface area contributed by atoms with Crippen LogP contribution < -0.4 is 10.1 Å². The van der Waals surface area contributed by atoms with Crippen LogP contribution in [0.15, 0.2) is 30.3 Å². The minimum absolute atomic E-state index is 0.0217. The summed E-state index contributed by atoms with van der Waals surface area (Å²) in [5.41, 5.74) is 0. The first-order valence-corrected chi connectivity index (χ1v) is 12.4. The van der Waals surface area contributed by atoms with Gasteiger partial charge < -0.3 is 20.3 Å². The number of Topliss-reactive ketones (excluding diaryl/α,β-unsaturated/α-hetero) is 1. The number of carbonyl (C=O) groups is 2. The fraction of sp³-hybridized carbons (Fsp3) is 0.692. The molecule has 0 radical (unpaired) electrons. The molecule has 2 fully saturated rings. The van der Waals surface area contributed by atoms with Gasteiger partial charge in [-0.25, -0.2) is 0 Å². The van der Waals surface area contributed by atoms with Crippen LogP contribution >= 0.6 is 0 Å². The predicted molar refractivity (Wildman–Crippen MR) is 123 cm³/mol. The Balaban J connectivity index is 1.29. The number of amides is 1. The van der Waals surface area contributed by atoms with E-state index in [0.717, 1.165) is 44.4 Å². The monoisotopic (exact) mass is 445 g/mol. The normalized spacial score (nSPS) is 23.8. The zero-order valence-electron chi connectivity index (χ0n) is 19.1. The molecule has 0 saturated heterocycles. The standard InChI is InChI=1S/C26H39NO5/c28-20(18-32-21-8-4-3-5-9-21)14-15-23-22(24(29)16-25(23)30)10-6-1-2-7-11-26(31)27-17-19-12-13-19/h3-5,8-9,19-20,22-24,28-29H,1-2,6-7,10-18H2,(H,27,31)/t20-,22-,23-,24+/m1/s1. The molecule has 32 heavy (non-hydrogen) atoms. The lowest BCUT2D eigenvalue weighted by molar-refractivity contribution is -0.122. The van der Waals surface area contributed by atoms with Gasteiger partial charge in [0.2, 0.25) is 5.91 Å². The Hall–Kier alpha value is -1.92. The SMILES string of the molecule is O=C(CCCCCC[C@H]1[C@@H](O)CC(=O)[C@@H]1CC[C@@H](O)COc1ccccc1)NCC1CC1. The Labute approximate surface area is 191 Å². The maximum atomic E-state index is 12.4. The molecule has 0 aromatic heterocycles. The third-order valence-corrected chi connectivity index (χ3v) is 6.81. The molecule has 0 unspecified atom stereocenters. The molecule has 0 bridgehead atoms. The number of rotatable bonds is 15. The molecule has 0 heterocycles. The van der Waals surface area contributed by atoms with Gasteiger partial charge in [-0.15, -0.1) is 0 Å². The van der Waals surface area contributed by atoms with Gasteiger partial charge in [0, 0.05) is 25.3 Å². The van der Waals surface area contributed by atoms with Crippen LogP contribution in [-0.2, 0) is 9.59 Å². The molecule has 3 rings (SSSR count). The summed E-state index contributed by atoms with van der Waals surface area (Å²) in [5.74, 6) is 1.51. The van der Waals surface area contributed by atoms with Crippen LogP contribution in [0.1, 0.15) is 70.6 Å². The highest BCUT2D eigenvalue weighted by molar-refractivity contribution is 5.84. The Morgan fingerprint density at radius 1 is 1.09 bits per heavy atom. The molecule has 2 saturated carbocycles. The molecular formula is C26H39NO5. The molecule has 6 heteroatoms. The van der Waals surface area contributed by atoms with Crippen molar-refractivity contribution in [2.24, 2.45) is 17.8 Å². The molecule has 178 valence electrons. The molecule has 2 aliphatic rings. The molecule has 3 N–H and O–H groups in total. The zero-order valence-corrected chi connectivity index (χ0v) is 19.1. The lowest BCUT2D eigenvalue weighted by Crippen LogP contribution is -2.25. The van der Waals surface area contributed by atoms with Gasteiger partial charge in [0.1, 0.15) is 18.1 Å². The quantitative estimate of drug-likeness (QED) is 0.358. The summed E-state index contributed by atoms with van der Waals surface area (Å²) in [7, 11) is 0. The lowest BCUT2D eigenvalue weighted by Gasteiger charge is -2.22. The Kier molecular flexibility index (Phi) is 10.0. The third kappa shape index (κ3) is 8.55. The van der Waals surface area contributed by atoms with Crippen molar-refractivity contribution in [2.75, 3.05) is 13.2 Å². The topological polar surface area (TPSA) is 95.9 Å². The van der Waals surface area contributed by atoms with Crippen molar-refractivity contribution >= 4 is 11.7 Å². The average molecular weight is 446 g/mol. The van der Waals surface area contributed by atoms with Gasteiger partial charge in [-0.1, -0.05) is 37.5 Å². The maximum Gasteiger partial charge on any atom is 0.220 e. The first-order valence-electron chi connectivity index (χ1n) is 12.4. The number of ketones is 1. The molecule has 0 aliphatic heterocycles. The fourth-order valence-electron chi connectivity index (χ4n) is 4.64. The molecule has 4 atom stereocenters. The van der Waals surface area contributed by atoms with E-state index in [1.165, 1.54) is 12.8 Å². The van der Waals surface area contributed by atoms with Gasteiger partial charge in [-0.05, 0) is 62.5 Å². The second-order valence-electron chi connectivity index (χ2n) is 9.56. The van der Waals surface area contributed by atoms with E-state index in [4.69, 9.17) is 4.74 Å². The van der Waals surface area contributed by atoms with Crippen molar-refractivity contribution in [1.82, 2.24) is 5.32 Å². The molecular weight excluding hydrogens is 406 g/mol. The van der Waals surface area contributed by atoms with Crippen molar-refractivity contribution in [3.8, 4) is 5.75 Å². The van der Waals surface area contributed by atoms with Crippen LogP contribution in [-0.4, -0.2) is 47.3 Å². The Morgan fingerprint density at radius 2 is 1.84 bits per heavy atom. The number of para-hydroxylation sites is 1. The fourth-order valence-corrected chi connectivity index (χ4v) is 4.64. The highest BCUT2D eigenvalue weighted by Crippen LogP contribution is 2.36. The van der Waals surface area contributed by atoms with E-state index < -0.39 is 12.2 Å². The molecule has 6 nitrogen and oxygen atoms in total. The zero-order chi connectivity index (χ0) is 22.8. The Bertz CT molecular complexity index is 705. The predicted octanol–water partition coefficient (Wildman–Crippen LogP) is 3.64. The second-order valence-corrected chi connectivity index (χ2v) is 9.56. The number of aliphatic hydroxyl groups excluding tert-OH is 2. The maximum absolute atomic E-state index is 12.4. The van der Waals surface area contributed by atoms with Gasteiger partial charge in [0.25, 0.3) is 0 Å². The van der Waals surface area contributed by atoms with Crippen molar-refractivity contribution in [1.29, 1.82) is 0 Å². The van der Waals surface area contributed by atoms with Gasteiger partial charge >= 0.3 is 0 Å². The summed E-state index contributed by atoms with van der Waals surface area (Å²) in [6, 6.07) is 9.37. The van der Waals surface area contributed by atoms with Gasteiger partial charge in [0.05, 0.1) is 12.2 Å². The molecule has 0 spiro atoms. The van der Waals surface area contributed by atoms with E-state index in [9.17, 15) is 19.8 Å². The largest absolute Gasteiger partial charge is 0.491 e. The first-order chi connectivity index (χ1) is 15.5. The summed E-state index contributed by atoms with van der Waals surface area (Å²) in [6.07, 6.45) is 7.84. The molecule has 2 aliphatic carbocycles. The van der Waals surface area contributed by atoms with Gasteiger partial charge in [-0.2, -0.15) is 0 Å². The minimum atomic E-state index is -0.632. The highest BCUT2D eigenvalue weighted by atomic mass is 16.5. The summed E-state index contributed by atoms with van der Waals surface area (Å²) in [4.78, 5) is 24.2. The smallest absolute Gasteiger partial charge is 0.220 e. The summed E-state index contributed by atoms with van der Waals surface area (Å²) in [6.45, 7) is 1.03. The van der Waals surface area contributed by atoms with Crippen molar-refractivity contribution in [3.63, 3.8) is 0 Å². The van der Waals surface area contributed by atoms with E-state index in [-0.39, 0.29) is 36.6 Å². The van der Waals surface area contributed by atoms with E-state index in [1.54, 1.807) is 0 Å². The number of ether oxygens (including phenoxy) is 1. The average Bonchev–Trinajstić information content (AvgIpc) is 3.58. The van der Waals surface area contributed by atoms with Crippen LogP contribution in [0.5, 0.6) is 5.75 Å². The number of hydrogen-bond acceptors (Lipinski definition) is 5. The van der Waals surface area contributed by atoms with Crippen LogP contribution in [0.4, 0.5) is 0 Å². The summed E-state index contributed by atoms with van der Waals surface area (Å²) >= 11 is 0. The van der Waals surface area contributed by atoms with Crippen molar-refractivity contribution in [3.05, 3.63) is 30.3 Å². The summed E-state index contributed by atoms with van der Waals surface area (Å²) in [5, 5.41) is 23.6. The first kappa shape index (κ1) is 24.7. The number of nitrogens with one attached hydrogen (secondary N) is 1. The summed E-state index contributed by atoms with van der Waals surface area (Å²) < 4.78 is 5.59. The molecule has 1 aromatic carbocycles. The van der Waals surface area contributed by atoms with Crippen molar-refractivity contribution in [2.45, 2.75) is 82.8 Å². The second kappa shape index (κ2) is 12.9. The van der Waals surface area contributed by atoms with E-state index in [2.05, 4.69) is 5.32 Å². The van der Waals surface area contributed by atoms with E-state index in [0.29, 0.717) is 25.2 Å². The van der Waals surface area contributed by atoms with Crippen molar-refractivity contribution < 1.29 is 24.5 Å². The van der Waals surface area contributed by atoms with Crippen LogP contribution in [0.2, 0.25) is 0 Å². The number of aliphatic hydroxyl groups is 2. The van der Waals surface area contributed by atoms with Crippen LogP contribution in [0, 0.1) is 17.8 Å². The lowest BCUT2D eigenvalue weighted by atomic mass is 9.85. The molecule has 1 aromatic rings. The van der Waals surface area contributed by atoms with Gasteiger partial charge in [-0.3, -0.25) is 9.59 Å². The van der Waals surface area contributed by atoms with E-state index in [1.807, 2.05) is 30.3 Å². The van der Waals surface area contributed by atoms with Crippen LogP contribution in [0.25, 0.3) is 0 Å². The minimum Gasteiger partial charge on any atom is -0.491 e. The van der Waals surface area contributed by atoms with Gasteiger partial charge in [0.15, 0.2) is 0 Å². The van der Waals surface area contributed by atoms with E-state index >= 15 is 0 Å². The number of benzene rings is 1. The highest BCUT2D eigenvalue weighted by Gasteiger charge is 2.40. The number of carbonyl (C=O) groups excluding carboxylic acids is 2. The number of hydrogen-bond donors (Lipinski definition) is 3. The molecule has 1 amide bonds.